The van der Waals surface area contributed by atoms with Gasteiger partial charge in [0.25, 0.3) is 10.0 Å². The molecule has 5 nitrogen and oxygen atoms in total. The van der Waals surface area contributed by atoms with Crippen LogP contribution in [0.3, 0.4) is 0 Å². The summed E-state index contributed by atoms with van der Waals surface area (Å²) in [7, 11) is -4.04. The van der Waals surface area contributed by atoms with Gasteiger partial charge in [-0.25, -0.2) is 8.42 Å². The van der Waals surface area contributed by atoms with Gasteiger partial charge in [-0.15, -0.1) is 0 Å². The standard InChI is InChI=1S/C14H9BrCl2N2O3S/c15-8-4-5-10-11(6-8)19(7-13(20)18-10)23(21,22)12-3-1-2-9(16)14(12)17/h1-6H,7H2,(H,18,20). The number of sulfonamides is 1. The second-order valence-electron chi connectivity index (χ2n) is 4.77. The van der Waals surface area contributed by atoms with E-state index in [1.54, 1.807) is 18.2 Å². The fourth-order valence-electron chi connectivity index (χ4n) is 2.24. The molecule has 120 valence electrons. The van der Waals surface area contributed by atoms with Gasteiger partial charge in [0.05, 0.1) is 21.4 Å². The maximum Gasteiger partial charge on any atom is 0.266 e. The van der Waals surface area contributed by atoms with Crippen molar-refractivity contribution < 1.29 is 13.2 Å². The summed E-state index contributed by atoms with van der Waals surface area (Å²) in [6.45, 7) is -0.339. The molecule has 1 amide bonds. The van der Waals surface area contributed by atoms with Crippen molar-refractivity contribution in [3.63, 3.8) is 0 Å². The molecule has 0 unspecified atom stereocenters. The van der Waals surface area contributed by atoms with E-state index in [1.807, 2.05) is 0 Å². The second kappa shape index (κ2) is 5.98. The number of hydrogen-bond donors (Lipinski definition) is 1. The van der Waals surface area contributed by atoms with Gasteiger partial charge in [-0.05, 0) is 30.3 Å². The smallest absolute Gasteiger partial charge is 0.266 e. The fraction of sp³-hybridized carbons (Fsp3) is 0.0714. The van der Waals surface area contributed by atoms with Gasteiger partial charge < -0.3 is 5.32 Å². The molecule has 3 rings (SSSR count). The van der Waals surface area contributed by atoms with E-state index in [4.69, 9.17) is 23.2 Å². The first-order chi connectivity index (χ1) is 10.8. The molecule has 23 heavy (non-hydrogen) atoms. The van der Waals surface area contributed by atoms with E-state index in [0.717, 1.165) is 4.31 Å². The third-order valence-corrected chi connectivity index (χ3v) is 6.50. The quantitative estimate of drug-likeness (QED) is 0.777. The third-order valence-electron chi connectivity index (χ3n) is 3.27. The van der Waals surface area contributed by atoms with Crippen molar-refractivity contribution in [2.24, 2.45) is 0 Å². The molecule has 0 saturated carbocycles. The van der Waals surface area contributed by atoms with Gasteiger partial charge in [-0.1, -0.05) is 45.2 Å². The lowest BCUT2D eigenvalue weighted by molar-refractivity contribution is -0.115. The van der Waals surface area contributed by atoms with Crippen LogP contribution in [0, 0.1) is 0 Å². The summed E-state index contributed by atoms with van der Waals surface area (Å²) in [4.78, 5) is 11.7. The number of halogens is 3. The molecule has 0 aromatic heterocycles. The molecule has 1 heterocycles. The highest BCUT2D eigenvalue weighted by atomic mass is 79.9. The Hall–Kier alpha value is -1.28. The number of nitrogens with one attached hydrogen (secondary N) is 1. The minimum Gasteiger partial charge on any atom is -0.323 e. The number of nitrogens with zero attached hydrogens (tertiary/aromatic N) is 1. The topological polar surface area (TPSA) is 66.5 Å². The largest absolute Gasteiger partial charge is 0.323 e. The molecule has 1 aliphatic heterocycles. The van der Waals surface area contributed by atoms with Crippen molar-refractivity contribution in [1.29, 1.82) is 0 Å². The maximum atomic E-state index is 13.0. The van der Waals surface area contributed by atoms with Crippen LogP contribution < -0.4 is 9.62 Å². The Balaban J connectivity index is 2.20. The molecule has 9 heteroatoms. The van der Waals surface area contributed by atoms with Gasteiger partial charge in [0.1, 0.15) is 11.4 Å². The minimum absolute atomic E-state index is 0.0725. The number of benzene rings is 2. The van der Waals surface area contributed by atoms with Crippen molar-refractivity contribution in [1.82, 2.24) is 0 Å². The van der Waals surface area contributed by atoms with E-state index in [1.165, 1.54) is 18.2 Å². The summed E-state index contributed by atoms with van der Waals surface area (Å²) in [6, 6.07) is 9.29. The number of carbonyl (C=O) groups is 1. The Bertz CT molecular complexity index is 918. The summed E-state index contributed by atoms with van der Waals surface area (Å²) in [5, 5.41) is 2.70. The molecule has 2 aromatic carbocycles. The highest BCUT2D eigenvalue weighted by Crippen LogP contribution is 2.38. The molecule has 2 aromatic rings. The molecule has 0 bridgehead atoms. The monoisotopic (exact) mass is 434 g/mol. The van der Waals surface area contributed by atoms with E-state index in [9.17, 15) is 13.2 Å². The Kier molecular flexibility index (Phi) is 4.31. The van der Waals surface area contributed by atoms with Crippen LogP contribution in [-0.2, 0) is 14.8 Å². The van der Waals surface area contributed by atoms with Crippen molar-refractivity contribution in [3.05, 3.63) is 50.9 Å². The van der Waals surface area contributed by atoms with Gasteiger partial charge in [0, 0.05) is 4.47 Å². The van der Waals surface area contributed by atoms with E-state index in [0.29, 0.717) is 15.8 Å². The van der Waals surface area contributed by atoms with Crippen molar-refractivity contribution in [2.45, 2.75) is 4.90 Å². The van der Waals surface area contributed by atoms with E-state index < -0.39 is 15.9 Å². The molecule has 0 aliphatic carbocycles. The van der Waals surface area contributed by atoms with Crippen LogP contribution in [0.2, 0.25) is 10.0 Å². The first-order valence-corrected chi connectivity index (χ1v) is 9.36. The summed E-state index contributed by atoms with van der Waals surface area (Å²) in [5.41, 5.74) is 0.765. The molecule has 0 spiro atoms. The van der Waals surface area contributed by atoms with Crippen LogP contribution in [-0.4, -0.2) is 20.9 Å². The van der Waals surface area contributed by atoms with Gasteiger partial charge >= 0.3 is 0 Å². The van der Waals surface area contributed by atoms with Crippen LogP contribution in [0.25, 0.3) is 0 Å². The molecule has 0 radical (unpaired) electrons. The number of amides is 1. The van der Waals surface area contributed by atoms with Crippen LogP contribution in [0.5, 0.6) is 0 Å². The predicted octanol–water partition coefficient (Wildman–Crippen LogP) is 3.90. The molecule has 0 atom stereocenters. The highest BCUT2D eigenvalue weighted by molar-refractivity contribution is 9.10. The zero-order valence-corrected chi connectivity index (χ0v) is 15.3. The fourth-order valence-corrected chi connectivity index (χ4v) is 4.76. The summed E-state index contributed by atoms with van der Waals surface area (Å²) in [6.07, 6.45) is 0. The van der Waals surface area contributed by atoms with E-state index in [-0.39, 0.29) is 21.5 Å². The average molecular weight is 436 g/mol. The number of anilines is 2. The SMILES string of the molecule is O=C1CN(S(=O)(=O)c2cccc(Cl)c2Cl)c2cc(Br)ccc2N1. The Morgan fingerprint density at radius 1 is 1.17 bits per heavy atom. The molecule has 1 aliphatic rings. The van der Waals surface area contributed by atoms with Gasteiger partial charge in [-0.2, -0.15) is 0 Å². The third kappa shape index (κ3) is 2.94. The Morgan fingerprint density at radius 2 is 1.91 bits per heavy atom. The van der Waals surface area contributed by atoms with Gasteiger partial charge in [-0.3, -0.25) is 9.10 Å². The van der Waals surface area contributed by atoms with Crippen molar-refractivity contribution in [2.75, 3.05) is 16.2 Å². The summed E-state index contributed by atoms with van der Waals surface area (Å²) in [5.74, 6) is -0.429. The van der Waals surface area contributed by atoms with E-state index in [2.05, 4.69) is 21.2 Å². The molecular weight excluding hydrogens is 427 g/mol. The Labute approximate surface area is 151 Å². The second-order valence-corrected chi connectivity index (χ2v) is 8.30. The lowest BCUT2D eigenvalue weighted by atomic mass is 10.2. The summed E-state index contributed by atoms with van der Waals surface area (Å²) >= 11 is 15.3. The number of hydrogen-bond acceptors (Lipinski definition) is 3. The molecule has 0 fully saturated rings. The van der Waals surface area contributed by atoms with Crippen LogP contribution in [0.4, 0.5) is 11.4 Å². The zero-order valence-electron chi connectivity index (χ0n) is 11.4. The van der Waals surface area contributed by atoms with E-state index >= 15 is 0 Å². The first-order valence-electron chi connectivity index (χ1n) is 6.37. The lowest BCUT2D eigenvalue weighted by Gasteiger charge is -2.30. The minimum atomic E-state index is -4.04. The summed E-state index contributed by atoms with van der Waals surface area (Å²) < 4.78 is 27.6. The lowest BCUT2D eigenvalue weighted by Crippen LogP contribution is -2.42. The zero-order chi connectivity index (χ0) is 16.8. The molecule has 0 saturated heterocycles. The van der Waals surface area contributed by atoms with Gasteiger partial charge in [0.2, 0.25) is 5.91 Å². The van der Waals surface area contributed by atoms with Crippen LogP contribution in [0.15, 0.2) is 45.8 Å². The number of carbonyl (C=O) groups excluding carboxylic acids is 1. The number of rotatable bonds is 2. The normalized spacial score (nSPS) is 14.4. The Morgan fingerprint density at radius 3 is 2.65 bits per heavy atom. The predicted molar refractivity (Wildman–Crippen MR) is 93.8 cm³/mol. The van der Waals surface area contributed by atoms with Crippen LogP contribution >= 0.6 is 39.1 Å². The number of fused-ring (bicyclic) bond motifs is 1. The van der Waals surface area contributed by atoms with Gasteiger partial charge in [0.15, 0.2) is 0 Å². The first kappa shape index (κ1) is 16.6. The average Bonchev–Trinajstić information content (AvgIpc) is 2.49. The molecular formula is C14H9BrCl2N2O3S. The van der Waals surface area contributed by atoms with Crippen LogP contribution in [0.1, 0.15) is 0 Å². The highest BCUT2D eigenvalue weighted by Gasteiger charge is 2.34. The van der Waals surface area contributed by atoms with Crippen molar-refractivity contribution >= 4 is 66.4 Å². The van der Waals surface area contributed by atoms with Crippen molar-refractivity contribution in [3.8, 4) is 0 Å². The maximum absolute atomic E-state index is 13.0. The molecule has 1 N–H and O–H groups in total.